The van der Waals surface area contributed by atoms with Gasteiger partial charge in [-0.3, -0.25) is 0 Å². The number of hydrogen-bond acceptors (Lipinski definition) is 9. The molecular formula is C29H40O9. The molecule has 0 aromatic heterocycles. The molecule has 210 valence electrons. The fourth-order valence-corrected chi connectivity index (χ4v) is 7.04. The average molecular weight is 533 g/mol. The maximum absolute atomic E-state index is 13.1. The summed E-state index contributed by atoms with van der Waals surface area (Å²) in [6.45, 7) is 8.27. The number of esters is 2. The Labute approximate surface area is 223 Å². The van der Waals surface area contributed by atoms with Crippen molar-refractivity contribution in [3.05, 3.63) is 36.0 Å². The van der Waals surface area contributed by atoms with Crippen LogP contribution in [0.3, 0.4) is 0 Å². The molecule has 2 N–H and O–H groups in total. The molecule has 9 heteroatoms. The molecule has 2 bridgehead atoms. The minimum Gasteiger partial charge on any atom is -0.463 e. The number of aliphatic hydroxyl groups excluding tert-OH is 2. The quantitative estimate of drug-likeness (QED) is 0.298. The van der Waals surface area contributed by atoms with Gasteiger partial charge in [0.25, 0.3) is 0 Å². The van der Waals surface area contributed by atoms with Crippen LogP contribution in [0.25, 0.3) is 0 Å². The highest BCUT2D eigenvalue weighted by atomic mass is 16.6. The Morgan fingerprint density at radius 3 is 2.63 bits per heavy atom. The van der Waals surface area contributed by atoms with Crippen LogP contribution >= 0.6 is 0 Å². The van der Waals surface area contributed by atoms with Gasteiger partial charge in [0.2, 0.25) is 0 Å². The van der Waals surface area contributed by atoms with Crippen molar-refractivity contribution in [1.82, 2.24) is 0 Å². The molecule has 0 aromatic carbocycles. The van der Waals surface area contributed by atoms with E-state index in [4.69, 9.17) is 23.7 Å². The zero-order valence-corrected chi connectivity index (χ0v) is 22.6. The summed E-state index contributed by atoms with van der Waals surface area (Å²) >= 11 is 0. The van der Waals surface area contributed by atoms with Crippen molar-refractivity contribution in [2.75, 3.05) is 19.8 Å². The lowest BCUT2D eigenvalue weighted by molar-refractivity contribution is -0.234. The zero-order valence-electron chi connectivity index (χ0n) is 22.6. The lowest BCUT2D eigenvalue weighted by atomic mass is 9.51. The predicted molar refractivity (Wildman–Crippen MR) is 136 cm³/mol. The maximum Gasteiger partial charge on any atom is 0.335 e. The Kier molecular flexibility index (Phi) is 7.37. The number of cyclic esters (lactones) is 1. The minimum absolute atomic E-state index is 0.0195. The van der Waals surface area contributed by atoms with Gasteiger partial charge in [-0.2, -0.15) is 0 Å². The Morgan fingerprint density at radius 2 is 1.92 bits per heavy atom. The third-order valence-corrected chi connectivity index (χ3v) is 9.73. The van der Waals surface area contributed by atoms with Crippen molar-refractivity contribution in [3.8, 4) is 0 Å². The van der Waals surface area contributed by atoms with Crippen LogP contribution in [0, 0.1) is 16.7 Å². The van der Waals surface area contributed by atoms with Crippen LogP contribution in [0.15, 0.2) is 36.0 Å². The summed E-state index contributed by atoms with van der Waals surface area (Å²) in [6, 6.07) is 0. The minimum atomic E-state index is -1.33. The first kappa shape index (κ1) is 27.5. The van der Waals surface area contributed by atoms with E-state index in [2.05, 4.69) is 19.9 Å². The second-order valence-electron chi connectivity index (χ2n) is 11.9. The van der Waals surface area contributed by atoms with Crippen LogP contribution < -0.4 is 0 Å². The van der Waals surface area contributed by atoms with Gasteiger partial charge in [-0.1, -0.05) is 43.7 Å². The van der Waals surface area contributed by atoms with Crippen molar-refractivity contribution in [2.24, 2.45) is 16.7 Å². The summed E-state index contributed by atoms with van der Waals surface area (Å²) in [4.78, 5) is 26.0. The van der Waals surface area contributed by atoms with E-state index < -0.39 is 58.7 Å². The molecule has 1 saturated carbocycles. The third kappa shape index (κ3) is 4.36. The molecule has 5 aliphatic rings. The van der Waals surface area contributed by atoms with Crippen molar-refractivity contribution in [3.63, 3.8) is 0 Å². The monoisotopic (exact) mass is 532 g/mol. The number of allylic oxidation sites excluding steroid dienone is 3. The fraction of sp³-hybridized carbons (Fsp3) is 0.724. The van der Waals surface area contributed by atoms with Crippen molar-refractivity contribution in [2.45, 2.75) is 95.6 Å². The normalized spacial score (nSPS) is 48.0. The van der Waals surface area contributed by atoms with Crippen molar-refractivity contribution < 1.29 is 43.5 Å². The van der Waals surface area contributed by atoms with Crippen LogP contribution in [0.2, 0.25) is 0 Å². The fourth-order valence-electron chi connectivity index (χ4n) is 7.04. The standard InChI is InChI=1S/C29H40O9/c1-17-9-11-28-15-35-26(33)25(32)18(2)10-12-34-20(19(3)30)7-5-6-8-24(31)38-21-14-23(37-22(28)13-17)29(16-36-29)27(21,28)4/h5-8,13,18-23,25,30,32H,9-12,14-16H2,1-4H3/b7-5-,8-6-/t18-,19+,20-,21+,22?,23?,25+,27-,28?,29-/m1/s1. The molecular weight excluding hydrogens is 492 g/mol. The largest absolute Gasteiger partial charge is 0.463 e. The topological polar surface area (TPSA) is 124 Å². The number of ether oxygens (including phenoxy) is 5. The summed E-state index contributed by atoms with van der Waals surface area (Å²) in [7, 11) is 0. The molecule has 2 saturated heterocycles. The summed E-state index contributed by atoms with van der Waals surface area (Å²) in [5, 5.41) is 20.8. The second kappa shape index (κ2) is 10.2. The lowest BCUT2D eigenvalue weighted by Gasteiger charge is -2.58. The Hall–Kier alpha value is -2.04. The number of carbonyl (C=O) groups excluding carboxylic acids is 2. The van der Waals surface area contributed by atoms with Gasteiger partial charge in [-0.15, -0.1) is 0 Å². The summed E-state index contributed by atoms with van der Waals surface area (Å²) < 4.78 is 30.4. The number of carbonyl (C=O) groups is 2. The highest BCUT2D eigenvalue weighted by Gasteiger charge is 2.83. The van der Waals surface area contributed by atoms with Crippen LogP contribution in [0.1, 0.15) is 53.4 Å². The number of rotatable bonds is 1. The molecule has 0 radical (unpaired) electrons. The van der Waals surface area contributed by atoms with Crippen LogP contribution in [-0.4, -0.2) is 84.2 Å². The highest BCUT2D eigenvalue weighted by Crippen LogP contribution is 2.72. The predicted octanol–water partition coefficient (Wildman–Crippen LogP) is 2.39. The molecule has 5 rings (SSSR count). The van der Waals surface area contributed by atoms with Gasteiger partial charge in [0.05, 0.1) is 30.3 Å². The first-order valence-corrected chi connectivity index (χ1v) is 13.7. The molecule has 3 heterocycles. The number of hydrogen-bond donors (Lipinski definition) is 2. The smallest absolute Gasteiger partial charge is 0.335 e. The van der Waals surface area contributed by atoms with Gasteiger partial charge in [0.15, 0.2) is 6.10 Å². The molecule has 0 amide bonds. The van der Waals surface area contributed by atoms with Crippen molar-refractivity contribution >= 4 is 11.9 Å². The van der Waals surface area contributed by atoms with E-state index in [1.54, 1.807) is 32.1 Å². The van der Waals surface area contributed by atoms with Crippen LogP contribution in [0.5, 0.6) is 0 Å². The van der Waals surface area contributed by atoms with E-state index in [0.717, 1.165) is 6.42 Å². The Balaban J connectivity index is 1.51. The molecule has 10 atom stereocenters. The van der Waals surface area contributed by atoms with Gasteiger partial charge in [0, 0.05) is 24.5 Å². The van der Waals surface area contributed by atoms with E-state index in [1.165, 1.54) is 11.6 Å². The van der Waals surface area contributed by atoms with E-state index >= 15 is 0 Å². The lowest BCUT2D eigenvalue weighted by Crippen LogP contribution is -2.66. The second-order valence-corrected chi connectivity index (χ2v) is 11.9. The molecule has 0 aromatic rings. The Morgan fingerprint density at radius 1 is 1.16 bits per heavy atom. The van der Waals surface area contributed by atoms with E-state index in [0.29, 0.717) is 25.9 Å². The molecule has 3 unspecified atom stereocenters. The molecule has 2 aliphatic carbocycles. The third-order valence-electron chi connectivity index (χ3n) is 9.73. The average Bonchev–Trinajstić information content (AvgIpc) is 3.65. The summed E-state index contributed by atoms with van der Waals surface area (Å²) in [5.41, 5.74) is -0.771. The van der Waals surface area contributed by atoms with Crippen LogP contribution in [-0.2, 0) is 33.3 Å². The molecule has 9 nitrogen and oxygen atoms in total. The Bertz CT molecular complexity index is 1030. The summed E-state index contributed by atoms with van der Waals surface area (Å²) in [6.07, 6.45) is 6.89. The van der Waals surface area contributed by atoms with Gasteiger partial charge < -0.3 is 33.9 Å². The van der Waals surface area contributed by atoms with Crippen molar-refractivity contribution in [1.29, 1.82) is 0 Å². The van der Waals surface area contributed by atoms with Gasteiger partial charge >= 0.3 is 11.9 Å². The molecule has 3 fully saturated rings. The van der Waals surface area contributed by atoms with E-state index in [-0.39, 0.29) is 25.4 Å². The maximum atomic E-state index is 13.1. The van der Waals surface area contributed by atoms with Crippen LogP contribution in [0.4, 0.5) is 0 Å². The molecule has 3 aliphatic heterocycles. The highest BCUT2D eigenvalue weighted by molar-refractivity contribution is 5.82. The zero-order chi connectivity index (χ0) is 27.3. The van der Waals surface area contributed by atoms with Gasteiger partial charge in [-0.25, -0.2) is 9.59 Å². The first-order valence-electron chi connectivity index (χ1n) is 13.7. The molecule has 2 spiro atoms. The van der Waals surface area contributed by atoms with Gasteiger partial charge in [-0.05, 0) is 39.0 Å². The molecule has 38 heavy (non-hydrogen) atoms. The van der Waals surface area contributed by atoms with E-state index in [9.17, 15) is 19.8 Å². The summed E-state index contributed by atoms with van der Waals surface area (Å²) in [5.74, 6) is -1.60. The van der Waals surface area contributed by atoms with Gasteiger partial charge in [0.1, 0.15) is 24.4 Å². The van der Waals surface area contributed by atoms with E-state index in [1.807, 2.05) is 0 Å². The SMILES string of the molecule is CC1=CC2OC3C[C@@H]4OC(=O)/C=C\C=C/[C@H]([C@H](C)O)OCC[C@@H](C)[C@H](O)C(=O)OCC2(CC1)[C@]4(C)[C@@]31CO1. The number of epoxide rings is 1. The first-order chi connectivity index (χ1) is 18.0. The number of aliphatic hydroxyl groups is 2.